The number of sulfonamides is 1. The molecule has 1 amide bonds. The van der Waals surface area contributed by atoms with Gasteiger partial charge in [-0.2, -0.15) is 4.31 Å². The minimum absolute atomic E-state index is 0.178. The number of nitrogens with zero attached hydrogens (tertiary/aromatic N) is 3. The van der Waals surface area contributed by atoms with E-state index in [1.807, 2.05) is 12.1 Å². The number of hydrogen-bond donors (Lipinski definition) is 0. The van der Waals surface area contributed by atoms with Crippen LogP contribution in [-0.2, 0) is 16.6 Å². The summed E-state index contributed by atoms with van der Waals surface area (Å²) in [5, 5.41) is 0.991. The molecule has 0 atom stereocenters. The first-order chi connectivity index (χ1) is 15.9. The monoisotopic (exact) mass is 501 g/mol. The fourth-order valence-electron chi connectivity index (χ4n) is 3.81. The standard InChI is InChI=1S/C23H20ClN3O4S2/c24-19-6-3-7-20-21(19)25-23(32-20)27(15-17-5-4-14-31-17)22(28)16-8-10-18(11-9-16)33(29,30)26-12-1-2-13-26/h3-11,14H,1-2,12-13,15H2. The van der Waals surface area contributed by atoms with Crippen LogP contribution in [0.15, 0.2) is 70.2 Å². The average Bonchev–Trinajstić information content (AvgIpc) is 3.59. The minimum Gasteiger partial charge on any atom is -0.467 e. The van der Waals surface area contributed by atoms with Gasteiger partial charge in [0.1, 0.15) is 11.3 Å². The molecule has 2 aromatic carbocycles. The smallest absolute Gasteiger partial charge is 0.260 e. The fraction of sp³-hybridized carbons (Fsp3) is 0.217. The number of carbonyl (C=O) groups is 1. The van der Waals surface area contributed by atoms with E-state index in [4.69, 9.17) is 16.0 Å². The zero-order chi connectivity index (χ0) is 23.0. The summed E-state index contributed by atoms with van der Waals surface area (Å²) in [5.41, 5.74) is 0.982. The largest absolute Gasteiger partial charge is 0.467 e. The molecule has 7 nitrogen and oxygen atoms in total. The highest BCUT2D eigenvalue weighted by Gasteiger charge is 2.28. The number of benzene rings is 2. The maximum absolute atomic E-state index is 13.5. The summed E-state index contributed by atoms with van der Waals surface area (Å²) >= 11 is 7.64. The number of para-hydroxylation sites is 1. The van der Waals surface area contributed by atoms with Gasteiger partial charge in [-0.15, -0.1) is 0 Å². The molecule has 1 aliphatic heterocycles. The van der Waals surface area contributed by atoms with Gasteiger partial charge in [0.15, 0.2) is 5.13 Å². The Kier molecular flexibility index (Phi) is 5.96. The number of anilines is 1. The van der Waals surface area contributed by atoms with Crippen molar-refractivity contribution in [1.29, 1.82) is 0 Å². The van der Waals surface area contributed by atoms with Crippen molar-refractivity contribution >= 4 is 54.2 Å². The van der Waals surface area contributed by atoms with Gasteiger partial charge < -0.3 is 4.42 Å². The molecule has 10 heteroatoms. The normalized spacial score (nSPS) is 14.7. The third kappa shape index (κ3) is 4.29. The Bertz CT molecular complexity index is 1390. The van der Waals surface area contributed by atoms with Crippen LogP contribution in [0.25, 0.3) is 10.2 Å². The molecular weight excluding hydrogens is 482 g/mol. The Morgan fingerprint density at radius 3 is 2.52 bits per heavy atom. The highest BCUT2D eigenvalue weighted by Crippen LogP contribution is 2.34. The van der Waals surface area contributed by atoms with Gasteiger partial charge in [0, 0.05) is 18.7 Å². The summed E-state index contributed by atoms with van der Waals surface area (Å²) in [6.07, 6.45) is 3.28. The van der Waals surface area contributed by atoms with Crippen molar-refractivity contribution < 1.29 is 17.6 Å². The van der Waals surface area contributed by atoms with Crippen molar-refractivity contribution in [2.24, 2.45) is 0 Å². The van der Waals surface area contributed by atoms with Gasteiger partial charge in [0.05, 0.1) is 27.4 Å². The van der Waals surface area contributed by atoms with Crippen LogP contribution in [0.5, 0.6) is 0 Å². The third-order valence-corrected chi connectivity index (χ3v) is 8.79. The van der Waals surface area contributed by atoms with Crippen molar-refractivity contribution in [3.05, 3.63) is 77.2 Å². The first kappa shape index (κ1) is 22.1. The predicted octanol–water partition coefficient (Wildman–Crippen LogP) is 5.17. The Hall–Kier alpha value is -2.72. The molecule has 4 aromatic rings. The Balaban J connectivity index is 1.48. The van der Waals surface area contributed by atoms with Crippen LogP contribution >= 0.6 is 22.9 Å². The SMILES string of the molecule is O=C(c1ccc(S(=O)(=O)N2CCCC2)cc1)N(Cc1ccco1)c1nc2c(Cl)cccc2s1. The maximum atomic E-state index is 13.5. The lowest BCUT2D eigenvalue weighted by Gasteiger charge is -2.19. The molecule has 0 radical (unpaired) electrons. The van der Waals surface area contributed by atoms with Crippen LogP contribution in [0.2, 0.25) is 5.02 Å². The Morgan fingerprint density at radius 1 is 1.09 bits per heavy atom. The minimum atomic E-state index is -3.55. The summed E-state index contributed by atoms with van der Waals surface area (Å²) in [7, 11) is -3.55. The van der Waals surface area contributed by atoms with Crippen molar-refractivity contribution in [3.8, 4) is 0 Å². The Morgan fingerprint density at radius 2 is 1.85 bits per heavy atom. The van der Waals surface area contributed by atoms with Crippen molar-refractivity contribution in [2.75, 3.05) is 18.0 Å². The fourth-order valence-corrected chi connectivity index (χ4v) is 6.59. The van der Waals surface area contributed by atoms with Gasteiger partial charge >= 0.3 is 0 Å². The van der Waals surface area contributed by atoms with Crippen molar-refractivity contribution in [3.63, 3.8) is 0 Å². The summed E-state index contributed by atoms with van der Waals surface area (Å²) < 4.78 is 33.4. The number of amides is 1. The topological polar surface area (TPSA) is 83.7 Å². The van der Waals surface area contributed by atoms with Crippen molar-refractivity contribution in [2.45, 2.75) is 24.3 Å². The third-order valence-electron chi connectivity index (χ3n) is 5.53. The molecule has 33 heavy (non-hydrogen) atoms. The molecule has 0 N–H and O–H groups in total. The molecule has 0 saturated carbocycles. The quantitative estimate of drug-likeness (QED) is 0.363. The van der Waals surface area contributed by atoms with E-state index in [-0.39, 0.29) is 17.3 Å². The second-order valence-corrected chi connectivity index (χ2v) is 11.0. The number of aromatic nitrogens is 1. The van der Waals surface area contributed by atoms with E-state index in [2.05, 4.69) is 4.98 Å². The van der Waals surface area contributed by atoms with Gasteiger partial charge in [-0.3, -0.25) is 9.69 Å². The van der Waals surface area contributed by atoms with Gasteiger partial charge in [-0.05, 0) is 61.4 Å². The molecule has 1 aliphatic rings. The second-order valence-electron chi connectivity index (χ2n) is 7.69. The van der Waals surface area contributed by atoms with Crippen LogP contribution in [0.1, 0.15) is 29.0 Å². The average molecular weight is 502 g/mol. The van der Waals surface area contributed by atoms with E-state index >= 15 is 0 Å². The highest BCUT2D eigenvalue weighted by atomic mass is 35.5. The lowest BCUT2D eigenvalue weighted by molar-refractivity contribution is 0.0983. The van der Waals surface area contributed by atoms with Crippen LogP contribution in [0.4, 0.5) is 5.13 Å². The molecule has 0 spiro atoms. The number of halogens is 1. The number of thiazole rings is 1. The van der Waals surface area contributed by atoms with Crippen LogP contribution in [0.3, 0.4) is 0 Å². The summed E-state index contributed by atoms with van der Waals surface area (Å²) in [4.78, 5) is 19.8. The lowest BCUT2D eigenvalue weighted by Crippen LogP contribution is -2.30. The molecule has 3 heterocycles. The zero-order valence-corrected chi connectivity index (χ0v) is 19.9. The van der Waals surface area contributed by atoms with Crippen molar-refractivity contribution in [1.82, 2.24) is 9.29 Å². The number of hydrogen-bond acceptors (Lipinski definition) is 6. The summed E-state index contributed by atoms with van der Waals surface area (Å²) in [6.45, 7) is 1.23. The molecule has 0 aliphatic carbocycles. The number of fused-ring (bicyclic) bond motifs is 1. The molecule has 1 saturated heterocycles. The first-order valence-corrected chi connectivity index (χ1v) is 13.1. The maximum Gasteiger partial charge on any atom is 0.260 e. The first-order valence-electron chi connectivity index (χ1n) is 10.4. The second kappa shape index (κ2) is 8.90. The van der Waals surface area contributed by atoms with Gasteiger partial charge in [-0.25, -0.2) is 13.4 Å². The lowest BCUT2D eigenvalue weighted by atomic mass is 10.2. The van der Waals surface area contributed by atoms with Crippen LogP contribution in [0, 0.1) is 0 Å². The van der Waals surface area contributed by atoms with Gasteiger partial charge in [-0.1, -0.05) is 29.0 Å². The molecule has 2 aromatic heterocycles. The van der Waals surface area contributed by atoms with Crippen LogP contribution in [-0.4, -0.2) is 36.7 Å². The number of carbonyl (C=O) groups excluding carboxylic acids is 1. The van der Waals surface area contributed by atoms with E-state index in [1.54, 1.807) is 36.6 Å². The van der Waals surface area contributed by atoms with Gasteiger partial charge in [0.25, 0.3) is 5.91 Å². The van der Waals surface area contributed by atoms with E-state index in [1.165, 1.54) is 32.7 Å². The van der Waals surface area contributed by atoms with E-state index in [0.717, 1.165) is 17.5 Å². The zero-order valence-electron chi connectivity index (χ0n) is 17.5. The molecule has 0 unspecified atom stereocenters. The number of furan rings is 1. The highest BCUT2D eigenvalue weighted by molar-refractivity contribution is 7.89. The summed E-state index contributed by atoms with van der Waals surface area (Å²) in [6, 6.07) is 15.1. The number of rotatable bonds is 6. The molecule has 0 bridgehead atoms. The molecule has 5 rings (SSSR count). The molecular formula is C23H20ClN3O4S2. The molecule has 170 valence electrons. The van der Waals surface area contributed by atoms with E-state index in [9.17, 15) is 13.2 Å². The van der Waals surface area contributed by atoms with Crippen LogP contribution < -0.4 is 4.90 Å². The predicted molar refractivity (Wildman–Crippen MR) is 128 cm³/mol. The van der Waals surface area contributed by atoms with E-state index < -0.39 is 10.0 Å². The molecule has 1 fully saturated rings. The summed E-state index contributed by atoms with van der Waals surface area (Å²) in [5.74, 6) is 0.286. The van der Waals surface area contributed by atoms with Gasteiger partial charge in [0.2, 0.25) is 10.0 Å². The Labute approximate surface area is 200 Å². The van der Waals surface area contributed by atoms with E-state index in [0.29, 0.717) is 40.1 Å².